The summed E-state index contributed by atoms with van der Waals surface area (Å²) < 4.78 is 0. The summed E-state index contributed by atoms with van der Waals surface area (Å²) in [4.78, 5) is 154. The van der Waals surface area contributed by atoms with Gasteiger partial charge in [0.1, 0.15) is 24.2 Å². The minimum Gasteiger partial charge on any atom is -0.481 e. The summed E-state index contributed by atoms with van der Waals surface area (Å²) in [6, 6.07) is 7.45. The predicted molar refractivity (Wildman–Crippen MR) is 307 cm³/mol. The minimum absolute atomic E-state index is 0.000665. The normalized spacial score (nSPS) is 17.4. The third-order valence-corrected chi connectivity index (χ3v) is 15.0. The lowest BCUT2D eigenvalue weighted by Gasteiger charge is -2.30. The lowest BCUT2D eigenvalue weighted by Crippen LogP contribution is -2.51. The van der Waals surface area contributed by atoms with E-state index < -0.39 is 96.5 Å². The second kappa shape index (κ2) is 37.4. The Morgan fingerprint density at radius 2 is 1.02 bits per heavy atom. The van der Waals surface area contributed by atoms with Crippen LogP contribution in [0.3, 0.4) is 0 Å². The van der Waals surface area contributed by atoms with Gasteiger partial charge in [-0.1, -0.05) is 42.5 Å². The molecule has 0 radical (unpaired) electrons. The average molecular weight is 1200 g/mol. The van der Waals surface area contributed by atoms with Crippen LogP contribution in [-0.4, -0.2) is 214 Å². The maximum Gasteiger partial charge on any atom is 0.326 e. The topological polar surface area (TPSA) is 426 Å². The van der Waals surface area contributed by atoms with Crippen LogP contribution in [0.25, 0.3) is 10.8 Å². The Kier molecular flexibility index (Phi) is 30.5. The molecule has 14 N–H and O–H groups in total. The molecule has 470 valence electrons. The first-order valence-corrected chi connectivity index (χ1v) is 29.1. The number of nitrogens with zero attached hydrogens (tertiary/aromatic N) is 3. The number of urea groups is 1. The number of nitrogens with two attached hydrogens (primary N) is 1. The van der Waals surface area contributed by atoms with Crippen LogP contribution in [0.4, 0.5) is 4.79 Å². The van der Waals surface area contributed by atoms with Crippen molar-refractivity contribution in [2.45, 2.75) is 133 Å². The molecule has 2 aromatic rings. The van der Waals surface area contributed by atoms with Crippen molar-refractivity contribution in [1.82, 2.24) is 51.9 Å². The van der Waals surface area contributed by atoms with Crippen molar-refractivity contribution in [3.63, 3.8) is 0 Å². The maximum atomic E-state index is 13.9. The van der Waals surface area contributed by atoms with Gasteiger partial charge >= 0.3 is 35.9 Å². The molecule has 2 aromatic carbocycles. The number of carboxylic acids is 5. The minimum atomic E-state index is -1.56. The van der Waals surface area contributed by atoms with Crippen LogP contribution in [0.2, 0.25) is 0 Å². The number of carboxylic acid groups (broad SMARTS) is 5. The number of nitrogens with one attached hydrogen (secondary N) is 7. The number of carbonyl (C=O) groups excluding carboxylic acids is 7. The molecule has 8 amide bonds. The fourth-order valence-electron chi connectivity index (χ4n) is 10.2. The van der Waals surface area contributed by atoms with Gasteiger partial charge in [-0.15, -0.1) is 0 Å². The molecule has 4 atom stereocenters. The van der Waals surface area contributed by atoms with E-state index in [1.54, 1.807) is 9.80 Å². The van der Waals surface area contributed by atoms with E-state index in [0.717, 1.165) is 16.3 Å². The molecule has 4 rings (SSSR count). The second-order valence-electron chi connectivity index (χ2n) is 21.8. The molecule has 1 aliphatic carbocycles. The van der Waals surface area contributed by atoms with Crippen LogP contribution in [0.1, 0.15) is 108 Å². The Morgan fingerprint density at radius 1 is 0.494 bits per heavy atom. The quantitative estimate of drug-likeness (QED) is 0.0398. The van der Waals surface area contributed by atoms with Crippen molar-refractivity contribution in [3.05, 3.63) is 48.0 Å². The second-order valence-corrected chi connectivity index (χ2v) is 21.8. The summed E-state index contributed by atoms with van der Waals surface area (Å²) in [7, 11) is 0. The highest BCUT2D eigenvalue weighted by Crippen LogP contribution is 2.29. The molecule has 0 spiro atoms. The number of rotatable bonds is 37. The Bertz CT molecular complexity index is 2570. The van der Waals surface area contributed by atoms with E-state index >= 15 is 0 Å². The van der Waals surface area contributed by atoms with Gasteiger partial charge in [0.05, 0.1) is 19.6 Å². The van der Waals surface area contributed by atoms with E-state index in [9.17, 15) is 78.0 Å². The largest absolute Gasteiger partial charge is 0.481 e. The summed E-state index contributed by atoms with van der Waals surface area (Å²) in [5, 5.41) is 67.4. The van der Waals surface area contributed by atoms with E-state index in [-0.39, 0.29) is 108 Å². The lowest BCUT2D eigenvalue weighted by atomic mass is 9.81. The van der Waals surface area contributed by atoms with Crippen LogP contribution in [0.5, 0.6) is 0 Å². The number of fused-ring (bicyclic) bond motifs is 1. The van der Waals surface area contributed by atoms with Gasteiger partial charge in [0.15, 0.2) is 0 Å². The Labute approximate surface area is 493 Å². The van der Waals surface area contributed by atoms with Crippen LogP contribution in [0.15, 0.2) is 42.5 Å². The highest BCUT2D eigenvalue weighted by Gasteiger charge is 2.32. The molecule has 0 aromatic heterocycles. The number of hydrogen-bond acceptors (Lipinski definition) is 15. The van der Waals surface area contributed by atoms with Crippen molar-refractivity contribution in [2.75, 3.05) is 78.5 Å². The molecule has 2 fully saturated rings. The number of primary amides is 1. The molecule has 0 bridgehead atoms. The summed E-state index contributed by atoms with van der Waals surface area (Å²) >= 11 is 0. The van der Waals surface area contributed by atoms with E-state index in [4.69, 9.17) is 10.8 Å². The van der Waals surface area contributed by atoms with Gasteiger partial charge in [0.25, 0.3) is 0 Å². The van der Waals surface area contributed by atoms with Gasteiger partial charge in [0, 0.05) is 90.5 Å². The van der Waals surface area contributed by atoms with Crippen molar-refractivity contribution in [1.29, 1.82) is 0 Å². The monoisotopic (exact) mass is 1200 g/mol. The Balaban J connectivity index is 1.28. The standard InChI is InChI=1S/C57H85N11O17/c58-46(69)13-3-4-14-47(70)62-42(11-5-7-23-59-48(71)34-66-25-27-67(35-50(74)75)29-30-68(28-26-66)36-51(76)77)53(79)61-33-37-15-19-40(20-16-37)52(78)63-45(32-38-17-18-39-9-1-2-10-41(39)31-38)54(80)60-24-8-6-12-43(55(81)82)64-57(85)65-44(56(83)84)21-22-49(72)73/h1-2,9-10,17-18,31,37,40,42-45H,3-8,11-16,19-30,32-36H2,(H2,58,69)(H,59,71)(H,60,80)(H,61,79)(H,62,70)(H,63,78)(H,72,73)(H,74,75)(H,76,77)(H,81,82)(H,83,84)(H2,64,65,85)/t37?,40?,42-,43-,44-,45?/m0/s1. The Morgan fingerprint density at radius 3 is 1.59 bits per heavy atom. The number of benzene rings is 2. The van der Waals surface area contributed by atoms with Gasteiger partial charge in [-0.05, 0) is 106 Å². The van der Waals surface area contributed by atoms with Crippen molar-refractivity contribution < 1.29 is 83.1 Å². The zero-order valence-electron chi connectivity index (χ0n) is 48.1. The smallest absolute Gasteiger partial charge is 0.326 e. The first kappa shape index (κ1) is 69.5. The maximum absolute atomic E-state index is 13.9. The van der Waals surface area contributed by atoms with Crippen molar-refractivity contribution in [2.24, 2.45) is 17.6 Å². The highest BCUT2D eigenvalue weighted by molar-refractivity contribution is 5.90. The molecular weight excluding hydrogens is 1110 g/mol. The van der Waals surface area contributed by atoms with Gasteiger partial charge < -0.3 is 68.5 Å². The Hall–Kier alpha value is -7.98. The molecule has 1 heterocycles. The van der Waals surface area contributed by atoms with E-state index in [1.807, 2.05) is 47.4 Å². The van der Waals surface area contributed by atoms with Gasteiger partial charge in [0.2, 0.25) is 35.4 Å². The zero-order chi connectivity index (χ0) is 62.3. The first-order chi connectivity index (χ1) is 40.5. The number of aliphatic carboxylic acids is 5. The number of amides is 8. The molecule has 28 nitrogen and oxygen atoms in total. The van der Waals surface area contributed by atoms with E-state index in [1.165, 1.54) is 0 Å². The van der Waals surface area contributed by atoms with Crippen LogP contribution in [-0.2, 0) is 59.2 Å². The molecule has 1 saturated heterocycles. The highest BCUT2D eigenvalue weighted by atomic mass is 16.4. The summed E-state index contributed by atoms with van der Waals surface area (Å²) in [5.74, 6) is -8.94. The van der Waals surface area contributed by atoms with Crippen molar-refractivity contribution in [3.8, 4) is 0 Å². The van der Waals surface area contributed by atoms with Crippen LogP contribution >= 0.6 is 0 Å². The molecule has 85 heavy (non-hydrogen) atoms. The number of carbonyl (C=O) groups is 12. The van der Waals surface area contributed by atoms with E-state index in [2.05, 4.69) is 37.2 Å². The molecule has 2 aliphatic rings. The third kappa shape index (κ3) is 28.0. The number of hydrogen-bond donors (Lipinski definition) is 13. The lowest BCUT2D eigenvalue weighted by molar-refractivity contribution is -0.141. The van der Waals surface area contributed by atoms with E-state index in [0.29, 0.717) is 90.6 Å². The fourth-order valence-corrected chi connectivity index (χ4v) is 10.2. The third-order valence-electron chi connectivity index (χ3n) is 15.0. The number of unbranched alkanes of at least 4 members (excludes halogenated alkanes) is 3. The van der Waals surface area contributed by atoms with Crippen LogP contribution < -0.4 is 43.0 Å². The summed E-state index contributed by atoms with van der Waals surface area (Å²) in [5.41, 5.74) is 6.04. The SMILES string of the molecule is NC(=O)CCCCC(=O)N[C@@H](CCCCNC(=O)CN1CCN(CC(=O)O)CCN(CC(=O)O)CC1)C(=O)NCC1CCC(C(=O)NC(Cc2ccc3ccccc3c2)C(=O)NCCCC[C@H](NC(=O)N[C@@H](CCC(=O)O)C(=O)O)C(=O)O)CC1. The molecular formula is C57H85N11O17. The van der Waals surface area contributed by atoms with Gasteiger partial charge in [-0.3, -0.25) is 57.9 Å². The van der Waals surface area contributed by atoms with Crippen LogP contribution in [0, 0.1) is 11.8 Å². The molecule has 1 saturated carbocycles. The average Bonchev–Trinajstić information content (AvgIpc) is 3.73. The summed E-state index contributed by atoms with van der Waals surface area (Å²) in [6.07, 6.45) is 3.84. The predicted octanol–water partition coefficient (Wildman–Crippen LogP) is 0.0524. The zero-order valence-corrected chi connectivity index (χ0v) is 48.1. The fraction of sp³-hybridized carbons (Fsp3) is 0.614. The summed E-state index contributed by atoms with van der Waals surface area (Å²) in [6.45, 7) is 2.48. The van der Waals surface area contributed by atoms with Crippen molar-refractivity contribution >= 4 is 82.1 Å². The first-order valence-electron chi connectivity index (χ1n) is 29.1. The van der Waals surface area contributed by atoms with Gasteiger partial charge in [-0.2, -0.15) is 0 Å². The molecule has 1 aliphatic heterocycles. The van der Waals surface area contributed by atoms with Gasteiger partial charge in [-0.25, -0.2) is 14.4 Å². The molecule has 28 heteroatoms. The molecule has 1 unspecified atom stereocenters.